The van der Waals surface area contributed by atoms with Gasteiger partial charge < -0.3 is 9.47 Å². The topological polar surface area (TPSA) is 95.7 Å². The van der Waals surface area contributed by atoms with Gasteiger partial charge in [-0.05, 0) is 31.0 Å². The summed E-state index contributed by atoms with van der Waals surface area (Å²) in [7, 11) is -3.86. The van der Waals surface area contributed by atoms with Crippen LogP contribution < -0.4 is 5.14 Å². The lowest BCUT2D eigenvalue weighted by atomic mass is 10.1. The standard InChI is InChI=1S/C12H15NO5S/c1-7-3-8(2)11(19(13,15)16)4-10(7)12(14)18-9-5-17-6-9/h3-4,9H,5-6H2,1-2H3,(H2,13,15,16). The largest absolute Gasteiger partial charge is 0.454 e. The summed E-state index contributed by atoms with van der Waals surface area (Å²) < 4.78 is 32.9. The van der Waals surface area contributed by atoms with Crippen LogP contribution in [-0.4, -0.2) is 33.7 Å². The third-order valence-corrected chi connectivity index (χ3v) is 3.98. The molecular formula is C12H15NO5S. The van der Waals surface area contributed by atoms with Crippen LogP contribution >= 0.6 is 0 Å². The van der Waals surface area contributed by atoms with Crippen molar-refractivity contribution in [2.45, 2.75) is 24.8 Å². The molecule has 2 rings (SSSR count). The number of primary sulfonamides is 1. The van der Waals surface area contributed by atoms with E-state index in [-0.39, 0.29) is 16.6 Å². The van der Waals surface area contributed by atoms with Crippen LogP contribution in [0.3, 0.4) is 0 Å². The fourth-order valence-electron chi connectivity index (χ4n) is 1.86. The normalized spacial score (nSPS) is 15.9. The summed E-state index contributed by atoms with van der Waals surface area (Å²) >= 11 is 0. The van der Waals surface area contributed by atoms with Gasteiger partial charge in [0.15, 0.2) is 0 Å². The minimum atomic E-state index is -3.86. The number of rotatable bonds is 3. The zero-order chi connectivity index (χ0) is 14.2. The van der Waals surface area contributed by atoms with Gasteiger partial charge in [-0.25, -0.2) is 18.4 Å². The monoisotopic (exact) mass is 285 g/mol. The maximum Gasteiger partial charge on any atom is 0.338 e. The zero-order valence-corrected chi connectivity index (χ0v) is 11.5. The molecule has 19 heavy (non-hydrogen) atoms. The third-order valence-electron chi connectivity index (χ3n) is 2.93. The van der Waals surface area contributed by atoms with E-state index in [0.29, 0.717) is 24.3 Å². The molecule has 1 aliphatic heterocycles. The van der Waals surface area contributed by atoms with Crippen molar-refractivity contribution in [2.75, 3.05) is 13.2 Å². The number of hydrogen-bond donors (Lipinski definition) is 1. The van der Waals surface area contributed by atoms with Gasteiger partial charge in [-0.2, -0.15) is 0 Å². The van der Waals surface area contributed by atoms with Gasteiger partial charge in [-0.1, -0.05) is 6.07 Å². The van der Waals surface area contributed by atoms with Crippen LogP contribution in [0, 0.1) is 13.8 Å². The van der Waals surface area contributed by atoms with Gasteiger partial charge in [0.05, 0.1) is 23.7 Å². The van der Waals surface area contributed by atoms with Crippen molar-refractivity contribution in [3.8, 4) is 0 Å². The van der Waals surface area contributed by atoms with E-state index in [1.54, 1.807) is 19.9 Å². The molecule has 0 radical (unpaired) electrons. The number of benzene rings is 1. The third kappa shape index (κ3) is 2.94. The van der Waals surface area contributed by atoms with Gasteiger partial charge in [0.2, 0.25) is 10.0 Å². The Bertz CT molecular complexity index is 619. The summed E-state index contributed by atoms with van der Waals surface area (Å²) in [5.74, 6) is -0.560. The summed E-state index contributed by atoms with van der Waals surface area (Å²) in [4.78, 5) is 11.9. The average Bonchev–Trinajstić information content (AvgIpc) is 2.21. The number of carbonyl (C=O) groups excluding carboxylic acids is 1. The summed E-state index contributed by atoms with van der Waals surface area (Å²) in [5.41, 5.74) is 1.36. The van der Waals surface area contributed by atoms with Crippen LogP contribution in [0.5, 0.6) is 0 Å². The quantitative estimate of drug-likeness (QED) is 0.816. The summed E-state index contributed by atoms with van der Waals surface area (Å²) in [6, 6.07) is 2.87. The van der Waals surface area contributed by atoms with Gasteiger partial charge >= 0.3 is 5.97 Å². The highest BCUT2D eigenvalue weighted by atomic mass is 32.2. The first-order valence-corrected chi connectivity index (χ1v) is 7.26. The van der Waals surface area contributed by atoms with Crippen LogP contribution in [0.1, 0.15) is 21.5 Å². The first-order valence-electron chi connectivity index (χ1n) is 5.72. The first-order chi connectivity index (χ1) is 8.79. The van der Waals surface area contributed by atoms with E-state index in [2.05, 4.69) is 0 Å². The predicted molar refractivity (Wildman–Crippen MR) is 67.3 cm³/mol. The zero-order valence-electron chi connectivity index (χ0n) is 10.7. The molecule has 1 fully saturated rings. The minimum Gasteiger partial charge on any atom is -0.454 e. The van der Waals surface area contributed by atoms with Gasteiger partial charge in [0.25, 0.3) is 0 Å². The lowest BCUT2D eigenvalue weighted by molar-refractivity contribution is -0.103. The van der Waals surface area contributed by atoms with E-state index in [9.17, 15) is 13.2 Å². The van der Waals surface area contributed by atoms with Crippen LogP contribution in [0.2, 0.25) is 0 Å². The predicted octanol–water partition coefficient (Wildman–Crippen LogP) is 0.506. The van der Waals surface area contributed by atoms with E-state index in [4.69, 9.17) is 14.6 Å². The molecule has 0 saturated carbocycles. The second kappa shape index (κ2) is 4.92. The van der Waals surface area contributed by atoms with Gasteiger partial charge in [-0.3, -0.25) is 0 Å². The van der Waals surface area contributed by atoms with Gasteiger partial charge in [-0.15, -0.1) is 0 Å². The highest BCUT2D eigenvalue weighted by molar-refractivity contribution is 7.89. The molecule has 0 atom stereocenters. The Labute approximate surface area is 111 Å². The Morgan fingerprint density at radius 3 is 2.42 bits per heavy atom. The number of ether oxygens (including phenoxy) is 2. The van der Waals surface area contributed by atoms with Crippen molar-refractivity contribution in [2.24, 2.45) is 5.14 Å². The van der Waals surface area contributed by atoms with Crippen molar-refractivity contribution in [1.82, 2.24) is 0 Å². The Kier molecular flexibility index (Phi) is 3.62. The lowest BCUT2D eigenvalue weighted by Crippen LogP contribution is -2.38. The number of carbonyl (C=O) groups is 1. The highest BCUT2D eigenvalue weighted by Gasteiger charge is 2.25. The molecule has 0 aromatic heterocycles. The molecule has 0 unspecified atom stereocenters. The maximum absolute atomic E-state index is 11.9. The van der Waals surface area contributed by atoms with Crippen molar-refractivity contribution < 1.29 is 22.7 Å². The van der Waals surface area contributed by atoms with Gasteiger partial charge in [0.1, 0.15) is 6.10 Å². The molecule has 0 amide bonds. The molecule has 1 aliphatic rings. The number of esters is 1. The summed E-state index contributed by atoms with van der Waals surface area (Å²) in [6.07, 6.45) is -0.258. The number of sulfonamides is 1. The highest BCUT2D eigenvalue weighted by Crippen LogP contribution is 2.21. The second-order valence-electron chi connectivity index (χ2n) is 4.54. The first kappa shape index (κ1) is 14.0. The SMILES string of the molecule is Cc1cc(C)c(S(N)(=O)=O)cc1C(=O)OC1COC1. The van der Waals surface area contributed by atoms with E-state index in [0.717, 1.165) is 0 Å². The molecule has 1 aromatic rings. The molecule has 1 saturated heterocycles. The lowest BCUT2D eigenvalue weighted by Gasteiger charge is -2.26. The molecule has 0 spiro atoms. The molecule has 104 valence electrons. The number of aryl methyl sites for hydroxylation is 2. The fourth-order valence-corrected chi connectivity index (χ4v) is 2.65. The van der Waals surface area contributed by atoms with E-state index in [1.807, 2.05) is 0 Å². The van der Waals surface area contributed by atoms with Crippen LogP contribution in [0.25, 0.3) is 0 Å². The number of hydrogen-bond acceptors (Lipinski definition) is 5. The molecule has 1 heterocycles. The van der Waals surface area contributed by atoms with Crippen molar-refractivity contribution >= 4 is 16.0 Å². The molecule has 1 aromatic carbocycles. The van der Waals surface area contributed by atoms with Crippen molar-refractivity contribution in [3.05, 3.63) is 28.8 Å². The maximum atomic E-state index is 11.9. The molecule has 6 nitrogen and oxygen atoms in total. The van der Waals surface area contributed by atoms with E-state index >= 15 is 0 Å². The fraction of sp³-hybridized carbons (Fsp3) is 0.417. The minimum absolute atomic E-state index is 0.0603. The van der Waals surface area contributed by atoms with Crippen LogP contribution in [-0.2, 0) is 19.5 Å². The molecule has 2 N–H and O–H groups in total. The van der Waals surface area contributed by atoms with Crippen molar-refractivity contribution in [3.63, 3.8) is 0 Å². The molecule has 7 heteroatoms. The van der Waals surface area contributed by atoms with Gasteiger partial charge in [0, 0.05) is 0 Å². The van der Waals surface area contributed by atoms with Crippen LogP contribution in [0.4, 0.5) is 0 Å². The second-order valence-corrected chi connectivity index (χ2v) is 6.07. The van der Waals surface area contributed by atoms with Crippen molar-refractivity contribution in [1.29, 1.82) is 0 Å². The Morgan fingerprint density at radius 1 is 1.32 bits per heavy atom. The average molecular weight is 285 g/mol. The molecule has 0 aliphatic carbocycles. The Hall–Kier alpha value is -1.44. The molecule has 0 bridgehead atoms. The summed E-state index contributed by atoms with van der Waals surface area (Å²) in [5, 5.41) is 5.12. The molecular weight excluding hydrogens is 270 g/mol. The number of nitrogens with two attached hydrogens (primary N) is 1. The van der Waals surface area contributed by atoms with E-state index in [1.165, 1.54) is 6.07 Å². The Balaban J connectivity index is 2.36. The van der Waals surface area contributed by atoms with Crippen LogP contribution in [0.15, 0.2) is 17.0 Å². The van der Waals surface area contributed by atoms with E-state index < -0.39 is 16.0 Å². The summed E-state index contributed by atoms with van der Waals surface area (Å²) in [6.45, 7) is 4.09. The smallest absolute Gasteiger partial charge is 0.338 e. The Morgan fingerprint density at radius 2 is 1.95 bits per heavy atom.